The molecule has 0 radical (unpaired) electrons. The molecule has 0 fully saturated rings. The fourth-order valence-electron chi connectivity index (χ4n) is 0.923. The lowest BCUT2D eigenvalue weighted by Gasteiger charge is -2.03. The van der Waals surface area contributed by atoms with Gasteiger partial charge in [-0.2, -0.15) is 5.10 Å². The minimum Gasteiger partial charge on any atom is -0.300 e. The zero-order chi connectivity index (χ0) is 11.3. The van der Waals surface area contributed by atoms with E-state index in [-0.39, 0.29) is 5.11 Å². The van der Waals surface area contributed by atoms with Gasteiger partial charge in [0, 0.05) is 5.02 Å². The second-order valence-electron chi connectivity index (χ2n) is 2.79. The van der Waals surface area contributed by atoms with Crippen molar-refractivity contribution in [3.63, 3.8) is 0 Å². The molecule has 6 heteroatoms. The smallest absolute Gasteiger partial charge is 0.201 e. The first-order valence-corrected chi connectivity index (χ1v) is 4.99. The Morgan fingerprint density at radius 3 is 2.53 bits per heavy atom. The van der Waals surface area contributed by atoms with Gasteiger partial charge < -0.3 is 0 Å². The molecular weight excluding hydrogens is 232 g/mol. The van der Waals surface area contributed by atoms with E-state index in [1.165, 1.54) is 0 Å². The lowest BCUT2D eigenvalue weighted by atomic mass is 10.1. The molecule has 80 valence electrons. The van der Waals surface area contributed by atoms with Crippen LogP contribution in [0.25, 0.3) is 0 Å². The first-order chi connectivity index (χ1) is 7.13. The van der Waals surface area contributed by atoms with E-state index in [0.29, 0.717) is 5.02 Å². The quantitative estimate of drug-likeness (QED) is 0.318. The molecule has 4 N–H and O–H groups in total. The first-order valence-electron chi connectivity index (χ1n) is 4.20. The summed E-state index contributed by atoms with van der Waals surface area (Å²) in [5.41, 5.74) is 6.63. The van der Waals surface area contributed by atoms with Crippen molar-refractivity contribution >= 4 is 34.6 Å². The monoisotopic (exact) mass is 242 g/mol. The molecule has 1 aromatic rings. The van der Waals surface area contributed by atoms with Crippen molar-refractivity contribution in [1.82, 2.24) is 10.9 Å². The van der Waals surface area contributed by atoms with Crippen molar-refractivity contribution in [2.24, 2.45) is 10.9 Å². The second-order valence-corrected chi connectivity index (χ2v) is 3.63. The van der Waals surface area contributed by atoms with Crippen LogP contribution in [0.2, 0.25) is 5.02 Å². The Bertz CT molecular complexity index is 374. The number of hydrogen-bond acceptors (Lipinski definition) is 3. The maximum Gasteiger partial charge on any atom is 0.201 e. The van der Waals surface area contributed by atoms with Crippen LogP contribution in [-0.4, -0.2) is 10.8 Å². The summed E-state index contributed by atoms with van der Waals surface area (Å²) in [6.07, 6.45) is 0. The fourth-order valence-corrected chi connectivity index (χ4v) is 1.09. The van der Waals surface area contributed by atoms with E-state index in [1.807, 2.05) is 19.1 Å². The summed E-state index contributed by atoms with van der Waals surface area (Å²) < 4.78 is 0. The maximum atomic E-state index is 5.76. The summed E-state index contributed by atoms with van der Waals surface area (Å²) in [7, 11) is 0. The third-order valence-corrected chi connectivity index (χ3v) is 2.18. The highest BCUT2D eigenvalue weighted by atomic mass is 35.5. The molecular formula is C9H11ClN4S. The van der Waals surface area contributed by atoms with E-state index in [2.05, 4.69) is 16.0 Å². The molecule has 0 aromatic heterocycles. The number of rotatable bonds is 2. The van der Waals surface area contributed by atoms with Gasteiger partial charge in [-0.05, 0) is 36.8 Å². The fraction of sp³-hybridized carbons (Fsp3) is 0.111. The molecule has 0 heterocycles. The number of nitrogens with zero attached hydrogens (tertiary/aromatic N) is 1. The summed E-state index contributed by atoms with van der Waals surface area (Å²) in [6.45, 7) is 1.86. The zero-order valence-electron chi connectivity index (χ0n) is 8.12. The molecule has 1 aromatic carbocycles. The Morgan fingerprint density at radius 1 is 1.40 bits per heavy atom. The lowest BCUT2D eigenvalue weighted by molar-refractivity contribution is 0.925. The van der Waals surface area contributed by atoms with Crippen molar-refractivity contribution in [3.8, 4) is 0 Å². The van der Waals surface area contributed by atoms with Crippen LogP contribution >= 0.6 is 23.8 Å². The molecule has 0 aliphatic heterocycles. The number of hydrazine groups is 1. The molecule has 0 bridgehead atoms. The van der Waals surface area contributed by atoms with Crippen molar-refractivity contribution in [1.29, 1.82) is 0 Å². The van der Waals surface area contributed by atoms with Gasteiger partial charge in [-0.1, -0.05) is 23.7 Å². The van der Waals surface area contributed by atoms with Crippen LogP contribution in [0.15, 0.2) is 29.4 Å². The van der Waals surface area contributed by atoms with Crippen LogP contribution in [-0.2, 0) is 0 Å². The van der Waals surface area contributed by atoms with Crippen molar-refractivity contribution in [3.05, 3.63) is 34.9 Å². The average molecular weight is 243 g/mol. The van der Waals surface area contributed by atoms with Gasteiger partial charge in [-0.3, -0.25) is 10.9 Å². The van der Waals surface area contributed by atoms with Crippen LogP contribution in [0.4, 0.5) is 0 Å². The molecule has 0 atom stereocenters. The number of nitrogens with one attached hydrogen (secondary N) is 2. The normalized spacial score (nSPS) is 11.0. The number of benzene rings is 1. The standard InChI is InChI=1S/C9H11ClN4S/c1-6(13-14-9(15)12-11)7-2-4-8(10)5-3-7/h2-5H,11H2,1H3,(H2,12,14,15). The lowest BCUT2D eigenvalue weighted by Crippen LogP contribution is -2.37. The van der Waals surface area contributed by atoms with Gasteiger partial charge in [0.2, 0.25) is 5.11 Å². The van der Waals surface area contributed by atoms with E-state index in [0.717, 1.165) is 11.3 Å². The molecule has 4 nitrogen and oxygen atoms in total. The predicted octanol–water partition coefficient (Wildman–Crippen LogP) is 1.40. The van der Waals surface area contributed by atoms with E-state index >= 15 is 0 Å². The molecule has 1 rings (SSSR count). The average Bonchev–Trinajstić information content (AvgIpc) is 2.26. The third kappa shape index (κ3) is 3.83. The maximum absolute atomic E-state index is 5.76. The highest BCUT2D eigenvalue weighted by molar-refractivity contribution is 7.80. The SMILES string of the molecule is CC(=NNC(=S)NN)c1ccc(Cl)cc1. The van der Waals surface area contributed by atoms with E-state index < -0.39 is 0 Å². The number of thiocarbonyl (C=S) groups is 1. The largest absolute Gasteiger partial charge is 0.300 e. The molecule has 0 aliphatic rings. The van der Waals surface area contributed by atoms with E-state index in [4.69, 9.17) is 29.7 Å². The number of hydrazone groups is 1. The Kier molecular flexibility index (Phi) is 4.48. The summed E-state index contributed by atoms with van der Waals surface area (Å²) >= 11 is 10.5. The molecule has 0 unspecified atom stereocenters. The number of hydrogen-bond donors (Lipinski definition) is 3. The Hall–Kier alpha value is -1.17. The van der Waals surface area contributed by atoms with Gasteiger partial charge >= 0.3 is 0 Å². The van der Waals surface area contributed by atoms with Crippen LogP contribution in [0.5, 0.6) is 0 Å². The summed E-state index contributed by atoms with van der Waals surface area (Å²) in [4.78, 5) is 0. The first kappa shape index (κ1) is 11.9. The molecule has 0 amide bonds. The Morgan fingerprint density at radius 2 is 2.00 bits per heavy atom. The van der Waals surface area contributed by atoms with Crippen LogP contribution < -0.4 is 16.7 Å². The molecule has 15 heavy (non-hydrogen) atoms. The zero-order valence-corrected chi connectivity index (χ0v) is 9.69. The van der Waals surface area contributed by atoms with Crippen LogP contribution in [0, 0.1) is 0 Å². The Labute approximate surface area is 98.5 Å². The summed E-state index contributed by atoms with van der Waals surface area (Å²) in [5, 5.41) is 4.99. The van der Waals surface area contributed by atoms with E-state index in [1.54, 1.807) is 12.1 Å². The second kappa shape index (κ2) is 5.65. The molecule has 0 aliphatic carbocycles. The van der Waals surface area contributed by atoms with Gasteiger partial charge in [-0.15, -0.1) is 0 Å². The predicted molar refractivity (Wildman–Crippen MR) is 66.7 cm³/mol. The van der Waals surface area contributed by atoms with E-state index in [9.17, 15) is 0 Å². The minimum atomic E-state index is 0.267. The molecule has 0 saturated heterocycles. The van der Waals surface area contributed by atoms with Crippen molar-refractivity contribution in [2.45, 2.75) is 6.92 Å². The summed E-state index contributed by atoms with van der Waals surface area (Å²) in [6, 6.07) is 7.36. The minimum absolute atomic E-state index is 0.267. The topological polar surface area (TPSA) is 62.4 Å². The third-order valence-electron chi connectivity index (χ3n) is 1.72. The van der Waals surface area contributed by atoms with Gasteiger partial charge in [0.25, 0.3) is 0 Å². The van der Waals surface area contributed by atoms with Crippen LogP contribution in [0.1, 0.15) is 12.5 Å². The number of nitrogens with two attached hydrogens (primary N) is 1. The molecule has 0 spiro atoms. The van der Waals surface area contributed by atoms with Gasteiger partial charge in [0.15, 0.2) is 0 Å². The van der Waals surface area contributed by atoms with Gasteiger partial charge in [0.05, 0.1) is 5.71 Å². The number of halogens is 1. The Balaban J connectivity index is 2.71. The highest BCUT2D eigenvalue weighted by Crippen LogP contribution is 2.09. The van der Waals surface area contributed by atoms with Crippen molar-refractivity contribution < 1.29 is 0 Å². The van der Waals surface area contributed by atoms with Gasteiger partial charge in [-0.25, -0.2) is 5.84 Å². The summed E-state index contributed by atoms with van der Waals surface area (Å²) in [5.74, 6) is 5.08. The van der Waals surface area contributed by atoms with Gasteiger partial charge in [0.1, 0.15) is 0 Å². The highest BCUT2D eigenvalue weighted by Gasteiger charge is 1.97. The van der Waals surface area contributed by atoms with Crippen molar-refractivity contribution in [2.75, 3.05) is 0 Å². The van der Waals surface area contributed by atoms with Crippen LogP contribution in [0.3, 0.4) is 0 Å². The molecule has 0 saturated carbocycles.